The first-order valence-electron chi connectivity index (χ1n) is 7.96. The van der Waals surface area contributed by atoms with Crippen molar-refractivity contribution in [2.75, 3.05) is 13.6 Å². The minimum Gasteiger partial charge on any atom is -0.374 e. The maximum absolute atomic E-state index is 12.7. The maximum Gasteiger partial charge on any atom is 0.194 e. The summed E-state index contributed by atoms with van der Waals surface area (Å²) in [5, 5.41) is 10.4. The Balaban J connectivity index is 2.01. The molecule has 0 aliphatic carbocycles. The number of dihydropyridines is 1. The largest absolute Gasteiger partial charge is 0.374 e. The number of aryl methyl sites for hydroxylation is 2. The van der Waals surface area contributed by atoms with E-state index in [0.717, 1.165) is 34.0 Å². The average Bonchev–Trinajstić information content (AvgIpc) is 2.99. The van der Waals surface area contributed by atoms with E-state index in [-0.39, 0.29) is 5.78 Å². The second kappa shape index (κ2) is 6.76. The molecule has 0 fully saturated rings. The number of carbonyl (C=O) groups is 1. The van der Waals surface area contributed by atoms with Crippen LogP contribution in [-0.2, 0) is 0 Å². The maximum atomic E-state index is 12.7. The van der Waals surface area contributed by atoms with Crippen LogP contribution in [0, 0.1) is 13.8 Å². The SMILES string of the molecule is C=C(C(=O)c1cccnc1)C1=C(NC)NCC(c2c(C)noc2C)=C1. The molecule has 0 aromatic carbocycles. The summed E-state index contributed by atoms with van der Waals surface area (Å²) >= 11 is 0. The number of hydrogen-bond acceptors (Lipinski definition) is 6. The summed E-state index contributed by atoms with van der Waals surface area (Å²) in [5.74, 6) is 1.36. The van der Waals surface area contributed by atoms with Gasteiger partial charge in [-0.15, -0.1) is 0 Å². The Labute approximate surface area is 146 Å². The van der Waals surface area contributed by atoms with Gasteiger partial charge in [-0.1, -0.05) is 11.7 Å². The third kappa shape index (κ3) is 3.10. The Hall–Kier alpha value is -3.15. The van der Waals surface area contributed by atoms with Crippen molar-refractivity contribution < 1.29 is 9.32 Å². The van der Waals surface area contributed by atoms with E-state index in [4.69, 9.17) is 4.52 Å². The van der Waals surface area contributed by atoms with Gasteiger partial charge in [-0.25, -0.2) is 0 Å². The Bertz CT molecular complexity index is 872. The van der Waals surface area contributed by atoms with E-state index in [1.54, 1.807) is 31.6 Å². The van der Waals surface area contributed by atoms with Crippen molar-refractivity contribution in [2.45, 2.75) is 13.8 Å². The van der Waals surface area contributed by atoms with Crippen LogP contribution in [0.1, 0.15) is 27.4 Å². The van der Waals surface area contributed by atoms with Crippen molar-refractivity contribution in [2.24, 2.45) is 0 Å². The van der Waals surface area contributed by atoms with Crippen LogP contribution in [0.25, 0.3) is 5.57 Å². The minimum absolute atomic E-state index is 0.158. The first kappa shape index (κ1) is 16.7. The van der Waals surface area contributed by atoms with Crippen LogP contribution < -0.4 is 10.6 Å². The molecule has 0 spiro atoms. The molecule has 2 N–H and O–H groups in total. The summed E-state index contributed by atoms with van der Waals surface area (Å²) in [6.45, 7) is 8.40. The number of rotatable bonds is 5. The monoisotopic (exact) mass is 336 g/mol. The van der Waals surface area contributed by atoms with E-state index in [2.05, 4.69) is 27.4 Å². The average molecular weight is 336 g/mol. The first-order valence-corrected chi connectivity index (χ1v) is 7.96. The molecule has 0 radical (unpaired) electrons. The highest BCUT2D eigenvalue weighted by atomic mass is 16.5. The number of hydrogen-bond donors (Lipinski definition) is 2. The van der Waals surface area contributed by atoms with Gasteiger partial charge in [-0.05, 0) is 37.6 Å². The van der Waals surface area contributed by atoms with E-state index in [1.165, 1.54) is 0 Å². The van der Waals surface area contributed by atoms with Crippen molar-refractivity contribution >= 4 is 11.4 Å². The third-order valence-corrected chi connectivity index (χ3v) is 4.17. The molecule has 2 aromatic rings. The Kier molecular flexibility index (Phi) is 4.52. The summed E-state index contributed by atoms with van der Waals surface area (Å²) in [4.78, 5) is 16.7. The quantitative estimate of drug-likeness (QED) is 0.645. The highest BCUT2D eigenvalue weighted by Gasteiger charge is 2.23. The fourth-order valence-electron chi connectivity index (χ4n) is 2.93. The van der Waals surface area contributed by atoms with E-state index in [0.29, 0.717) is 17.7 Å². The molecule has 3 rings (SSSR count). The zero-order chi connectivity index (χ0) is 18.0. The second-order valence-electron chi connectivity index (χ2n) is 5.81. The van der Waals surface area contributed by atoms with Gasteiger partial charge in [0.1, 0.15) is 11.6 Å². The van der Waals surface area contributed by atoms with E-state index in [9.17, 15) is 4.79 Å². The third-order valence-electron chi connectivity index (χ3n) is 4.17. The predicted molar refractivity (Wildman–Crippen MR) is 95.7 cm³/mol. The molecule has 0 saturated heterocycles. The Morgan fingerprint density at radius 1 is 1.40 bits per heavy atom. The number of Topliss-reactive ketones (excluding diaryl/α,β-unsaturated/α-hetero) is 1. The van der Waals surface area contributed by atoms with Gasteiger partial charge in [0.25, 0.3) is 0 Å². The number of nitrogens with zero attached hydrogens (tertiary/aromatic N) is 2. The molecular weight excluding hydrogens is 316 g/mol. The normalized spacial score (nSPS) is 14.0. The van der Waals surface area contributed by atoms with Gasteiger partial charge >= 0.3 is 0 Å². The fourth-order valence-corrected chi connectivity index (χ4v) is 2.93. The van der Waals surface area contributed by atoms with Gasteiger partial charge < -0.3 is 15.2 Å². The van der Waals surface area contributed by atoms with Crippen LogP contribution in [0.4, 0.5) is 0 Å². The highest BCUT2D eigenvalue weighted by Crippen LogP contribution is 2.29. The van der Waals surface area contributed by atoms with Crippen LogP contribution in [0.2, 0.25) is 0 Å². The van der Waals surface area contributed by atoms with Crippen LogP contribution in [0.15, 0.2) is 58.7 Å². The fraction of sp³-hybridized carbons (Fsp3) is 0.211. The van der Waals surface area contributed by atoms with Crippen LogP contribution >= 0.6 is 0 Å². The van der Waals surface area contributed by atoms with E-state index in [1.807, 2.05) is 19.9 Å². The predicted octanol–water partition coefficient (Wildman–Crippen LogP) is 2.54. The van der Waals surface area contributed by atoms with E-state index < -0.39 is 0 Å². The molecule has 0 bridgehead atoms. The van der Waals surface area contributed by atoms with Gasteiger partial charge in [0.2, 0.25) is 0 Å². The lowest BCUT2D eigenvalue weighted by molar-refractivity contribution is 0.103. The van der Waals surface area contributed by atoms with Gasteiger partial charge in [0.15, 0.2) is 5.78 Å². The summed E-state index contributed by atoms with van der Waals surface area (Å²) in [6.07, 6.45) is 5.14. The van der Waals surface area contributed by atoms with Gasteiger partial charge in [-0.3, -0.25) is 9.78 Å². The molecule has 0 unspecified atom stereocenters. The number of nitrogens with one attached hydrogen (secondary N) is 2. The molecule has 6 heteroatoms. The number of aromatic nitrogens is 2. The number of allylic oxidation sites excluding steroid dienone is 3. The highest BCUT2D eigenvalue weighted by molar-refractivity contribution is 6.12. The molecular formula is C19H20N4O2. The second-order valence-corrected chi connectivity index (χ2v) is 5.81. The summed E-state index contributed by atoms with van der Waals surface area (Å²) in [5.41, 5.74) is 4.41. The van der Waals surface area contributed by atoms with Crippen molar-refractivity contribution in [1.29, 1.82) is 0 Å². The number of carbonyl (C=O) groups excluding carboxylic acids is 1. The summed E-state index contributed by atoms with van der Waals surface area (Å²) in [6, 6.07) is 3.47. The zero-order valence-electron chi connectivity index (χ0n) is 14.5. The van der Waals surface area contributed by atoms with Gasteiger partial charge in [-0.2, -0.15) is 0 Å². The van der Waals surface area contributed by atoms with Crippen molar-refractivity contribution in [1.82, 2.24) is 20.8 Å². The first-order chi connectivity index (χ1) is 12.0. The summed E-state index contributed by atoms with van der Waals surface area (Å²) in [7, 11) is 1.80. The van der Waals surface area contributed by atoms with Gasteiger partial charge in [0, 0.05) is 48.3 Å². The molecule has 0 saturated carbocycles. The van der Waals surface area contributed by atoms with Crippen molar-refractivity contribution in [3.63, 3.8) is 0 Å². The molecule has 25 heavy (non-hydrogen) atoms. The van der Waals surface area contributed by atoms with E-state index >= 15 is 0 Å². The van der Waals surface area contributed by atoms with Crippen LogP contribution in [0.5, 0.6) is 0 Å². The number of ketones is 1. The number of pyridine rings is 1. The Morgan fingerprint density at radius 3 is 2.80 bits per heavy atom. The molecule has 6 nitrogen and oxygen atoms in total. The zero-order valence-corrected chi connectivity index (χ0v) is 14.5. The van der Waals surface area contributed by atoms with Gasteiger partial charge in [0.05, 0.1) is 5.69 Å². The topological polar surface area (TPSA) is 80.0 Å². The molecule has 0 amide bonds. The van der Waals surface area contributed by atoms with Crippen LogP contribution in [-0.4, -0.2) is 29.5 Å². The molecule has 0 atom stereocenters. The lowest BCUT2D eigenvalue weighted by Crippen LogP contribution is -2.31. The lowest BCUT2D eigenvalue weighted by Gasteiger charge is -2.23. The minimum atomic E-state index is -0.158. The smallest absolute Gasteiger partial charge is 0.194 e. The molecule has 1 aliphatic heterocycles. The Morgan fingerprint density at radius 2 is 2.20 bits per heavy atom. The summed E-state index contributed by atoms with van der Waals surface area (Å²) < 4.78 is 5.27. The molecule has 128 valence electrons. The lowest BCUT2D eigenvalue weighted by atomic mass is 9.92. The molecule has 2 aromatic heterocycles. The molecule has 1 aliphatic rings. The van der Waals surface area contributed by atoms with Crippen molar-refractivity contribution in [3.8, 4) is 0 Å². The van der Waals surface area contributed by atoms with Crippen molar-refractivity contribution in [3.05, 3.63) is 76.7 Å². The molecule has 3 heterocycles. The van der Waals surface area contributed by atoms with Crippen LogP contribution in [0.3, 0.4) is 0 Å². The standard InChI is InChI=1S/C19H20N4O2/c1-11(18(24)14-6-5-7-21-9-14)16-8-15(10-22-19(16)20-4)17-12(2)23-25-13(17)3/h5-9,20,22H,1,10H2,2-4H3.